The number of aromatic nitrogens is 2. The molecule has 106 valence electrons. The number of benzene rings is 2. The number of hydrogen-bond donors (Lipinski definition) is 0. The predicted molar refractivity (Wildman–Crippen MR) is 80.0 cm³/mol. The third-order valence-corrected chi connectivity index (χ3v) is 3.10. The second-order valence-electron chi connectivity index (χ2n) is 4.99. The Balaban J connectivity index is 1.71. The zero-order valence-corrected chi connectivity index (χ0v) is 12.0. The van der Waals surface area contributed by atoms with E-state index in [1.54, 1.807) is 0 Å². The van der Waals surface area contributed by atoms with E-state index in [9.17, 15) is 0 Å². The molecule has 2 aromatic carbocycles. The van der Waals surface area contributed by atoms with Gasteiger partial charge in [-0.1, -0.05) is 41.1 Å². The van der Waals surface area contributed by atoms with Crippen LogP contribution in [0.25, 0.3) is 11.4 Å². The molecule has 0 bridgehead atoms. The first-order valence-corrected chi connectivity index (χ1v) is 6.80. The van der Waals surface area contributed by atoms with Gasteiger partial charge in [0.15, 0.2) is 6.61 Å². The van der Waals surface area contributed by atoms with Crippen molar-refractivity contribution in [1.29, 1.82) is 0 Å². The molecule has 21 heavy (non-hydrogen) atoms. The molecule has 0 aliphatic carbocycles. The van der Waals surface area contributed by atoms with Gasteiger partial charge in [0.2, 0.25) is 5.82 Å². The van der Waals surface area contributed by atoms with Crippen LogP contribution in [-0.2, 0) is 6.61 Å². The maximum absolute atomic E-state index is 5.65. The van der Waals surface area contributed by atoms with Crippen LogP contribution < -0.4 is 4.74 Å². The van der Waals surface area contributed by atoms with Crippen molar-refractivity contribution in [2.24, 2.45) is 0 Å². The number of ether oxygens (including phenoxy) is 1. The van der Waals surface area contributed by atoms with Gasteiger partial charge in [-0.2, -0.15) is 4.98 Å². The van der Waals surface area contributed by atoms with Gasteiger partial charge in [0.25, 0.3) is 5.89 Å². The lowest BCUT2D eigenvalue weighted by Gasteiger charge is -2.03. The van der Waals surface area contributed by atoms with Crippen molar-refractivity contribution in [2.75, 3.05) is 0 Å². The summed E-state index contributed by atoms with van der Waals surface area (Å²) in [6.07, 6.45) is 0. The minimum absolute atomic E-state index is 0.266. The average molecular weight is 280 g/mol. The van der Waals surface area contributed by atoms with Crippen molar-refractivity contribution in [3.8, 4) is 17.1 Å². The summed E-state index contributed by atoms with van der Waals surface area (Å²) < 4.78 is 10.9. The fourth-order valence-corrected chi connectivity index (χ4v) is 2.07. The monoisotopic (exact) mass is 280 g/mol. The van der Waals surface area contributed by atoms with E-state index in [4.69, 9.17) is 9.26 Å². The molecule has 0 unspecified atom stereocenters. The number of aryl methyl sites for hydroxylation is 2. The molecule has 0 saturated heterocycles. The van der Waals surface area contributed by atoms with E-state index in [1.165, 1.54) is 0 Å². The van der Waals surface area contributed by atoms with Crippen molar-refractivity contribution in [3.05, 3.63) is 65.5 Å². The van der Waals surface area contributed by atoms with E-state index in [0.29, 0.717) is 11.7 Å². The predicted octanol–water partition coefficient (Wildman–Crippen LogP) is 3.93. The standard InChI is InChI=1S/C17H16N2O2/c1-12-5-3-7-14(9-12)17-18-16(21-19-17)11-20-15-8-4-6-13(2)10-15/h3-10H,11H2,1-2H3. The Morgan fingerprint density at radius 2 is 1.76 bits per heavy atom. The van der Waals surface area contributed by atoms with E-state index in [0.717, 1.165) is 22.4 Å². The van der Waals surface area contributed by atoms with E-state index in [2.05, 4.69) is 10.1 Å². The first-order chi connectivity index (χ1) is 10.2. The number of rotatable bonds is 4. The van der Waals surface area contributed by atoms with Gasteiger partial charge in [-0.25, -0.2) is 0 Å². The van der Waals surface area contributed by atoms with Gasteiger partial charge >= 0.3 is 0 Å². The summed E-state index contributed by atoms with van der Waals surface area (Å²) in [4.78, 5) is 4.36. The van der Waals surface area contributed by atoms with Gasteiger partial charge in [0.05, 0.1) is 0 Å². The lowest BCUT2D eigenvalue weighted by molar-refractivity contribution is 0.243. The highest BCUT2D eigenvalue weighted by molar-refractivity contribution is 5.55. The normalized spacial score (nSPS) is 10.6. The molecule has 3 aromatic rings. The summed E-state index contributed by atoms with van der Waals surface area (Å²) in [6, 6.07) is 15.9. The summed E-state index contributed by atoms with van der Waals surface area (Å²) in [5.41, 5.74) is 3.26. The molecule has 0 spiro atoms. The topological polar surface area (TPSA) is 48.2 Å². The van der Waals surface area contributed by atoms with Crippen LogP contribution in [0.15, 0.2) is 53.1 Å². The highest BCUT2D eigenvalue weighted by atomic mass is 16.5. The maximum atomic E-state index is 5.65. The Morgan fingerprint density at radius 1 is 1.00 bits per heavy atom. The molecule has 1 heterocycles. The van der Waals surface area contributed by atoms with Crippen LogP contribution in [0.2, 0.25) is 0 Å². The summed E-state index contributed by atoms with van der Waals surface area (Å²) in [6.45, 7) is 4.32. The molecule has 0 saturated carbocycles. The first-order valence-electron chi connectivity index (χ1n) is 6.80. The van der Waals surface area contributed by atoms with Gasteiger partial charge in [0, 0.05) is 5.56 Å². The summed E-state index contributed by atoms with van der Waals surface area (Å²) in [7, 11) is 0. The molecule has 4 nitrogen and oxygen atoms in total. The lowest BCUT2D eigenvalue weighted by Crippen LogP contribution is -1.95. The average Bonchev–Trinajstić information content (AvgIpc) is 2.94. The zero-order valence-electron chi connectivity index (χ0n) is 12.0. The van der Waals surface area contributed by atoms with Gasteiger partial charge in [0.1, 0.15) is 5.75 Å². The second kappa shape index (κ2) is 5.79. The molecule has 0 fully saturated rings. The van der Waals surface area contributed by atoms with Crippen LogP contribution in [0.5, 0.6) is 5.75 Å². The lowest BCUT2D eigenvalue weighted by atomic mass is 10.1. The summed E-state index contributed by atoms with van der Waals surface area (Å²) >= 11 is 0. The van der Waals surface area contributed by atoms with Crippen LogP contribution >= 0.6 is 0 Å². The molecule has 0 atom stereocenters. The highest BCUT2D eigenvalue weighted by Gasteiger charge is 2.09. The first kappa shape index (κ1) is 13.4. The summed E-state index contributed by atoms with van der Waals surface area (Å²) in [5, 5.41) is 3.99. The fraction of sp³-hybridized carbons (Fsp3) is 0.176. The molecule has 0 amide bonds. The summed E-state index contributed by atoms with van der Waals surface area (Å²) in [5.74, 6) is 1.85. The molecule has 3 rings (SSSR count). The Bertz CT molecular complexity index is 750. The van der Waals surface area contributed by atoms with Crippen molar-refractivity contribution in [1.82, 2.24) is 10.1 Å². The second-order valence-corrected chi connectivity index (χ2v) is 4.99. The number of nitrogens with zero attached hydrogens (tertiary/aromatic N) is 2. The smallest absolute Gasteiger partial charge is 0.264 e. The Morgan fingerprint density at radius 3 is 2.52 bits per heavy atom. The van der Waals surface area contributed by atoms with Gasteiger partial charge in [-0.05, 0) is 37.6 Å². The third kappa shape index (κ3) is 3.28. The van der Waals surface area contributed by atoms with Crippen LogP contribution in [0.3, 0.4) is 0 Å². The Hall–Kier alpha value is -2.62. The van der Waals surface area contributed by atoms with Crippen LogP contribution in [0.4, 0.5) is 0 Å². The molecule has 1 aromatic heterocycles. The Kier molecular flexibility index (Phi) is 3.69. The molecule has 0 radical (unpaired) electrons. The molecule has 0 N–H and O–H groups in total. The minimum Gasteiger partial charge on any atom is -0.484 e. The molecule has 4 heteroatoms. The van der Waals surface area contributed by atoms with E-state index < -0.39 is 0 Å². The van der Waals surface area contributed by atoms with Crippen molar-refractivity contribution in [3.63, 3.8) is 0 Å². The van der Waals surface area contributed by atoms with Crippen molar-refractivity contribution in [2.45, 2.75) is 20.5 Å². The number of hydrogen-bond acceptors (Lipinski definition) is 4. The van der Waals surface area contributed by atoms with E-state index >= 15 is 0 Å². The van der Waals surface area contributed by atoms with Crippen molar-refractivity contribution >= 4 is 0 Å². The molecular weight excluding hydrogens is 264 g/mol. The van der Waals surface area contributed by atoms with Gasteiger partial charge in [-0.3, -0.25) is 0 Å². The van der Waals surface area contributed by atoms with Crippen molar-refractivity contribution < 1.29 is 9.26 Å². The highest BCUT2D eigenvalue weighted by Crippen LogP contribution is 2.18. The minimum atomic E-state index is 0.266. The third-order valence-electron chi connectivity index (χ3n) is 3.10. The molecule has 0 aliphatic heterocycles. The quantitative estimate of drug-likeness (QED) is 0.726. The van der Waals surface area contributed by atoms with Gasteiger partial charge < -0.3 is 9.26 Å². The van der Waals surface area contributed by atoms with Crippen LogP contribution in [0, 0.1) is 13.8 Å². The zero-order chi connectivity index (χ0) is 14.7. The van der Waals surface area contributed by atoms with Crippen LogP contribution in [0.1, 0.15) is 17.0 Å². The molecular formula is C17H16N2O2. The largest absolute Gasteiger partial charge is 0.484 e. The van der Waals surface area contributed by atoms with Crippen LogP contribution in [-0.4, -0.2) is 10.1 Å². The van der Waals surface area contributed by atoms with E-state index in [-0.39, 0.29) is 6.61 Å². The molecule has 0 aliphatic rings. The fourth-order valence-electron chi connectivity index (χ4n) is 2.07. The van der Waals surface area contributed by atoms with E-state index in [1.807, 2.05) is 62.4 Å². The van der Waals surface area contributed by atoms with Gasteiger partial charge in [-0.15, -0.1) is 0 Å². The maximum Gasteiger partial charge on any atom is 0.264 e. The Labute approximate surface area is 123 Å². The SMILES string of the molecule is Cc1cccc(OCc2nc(-c3cccc(C)c3)no2)c1.